The van der Waals surface area contributed by atoms with Crippen LogP contribution < -0.4 is 0 Å². The predicted molar refractivity (Wildman–Crippen MR) is 62.5 cm³/mol. The number of hydrogen-bond acceptors (Lipinski definition) is 5. The average molecular weight is 255 g/mol. The van der Waals surface area contributed by atoms with E-state index >= 15 is 0 Å². The molecule has 0 radical (unpaired) electrons. The molecule has 0 aromatic carbocycles. The molecular weight excluding hydrogens is 238 g/mol. The molecule has 6 heteroatoms. The molecule has 1 rings (SSSR count). The first-order chi connectivity index (χ1) is 8.58. The highest BCUT2D eigenvalue weighted by molar-refractivity contribution is 5.87. The minimum absolute atomic E-state index is 0.195. The maximum atomic E-state index is 12.1. The Kier molecular flexibility index (Phi) is 5.35. The average Bonchev–Trinajstić information content (AvgIpc) is 2.90. The molecule has 0 aliphatic heterocycles. The van der Waals surface area contributed by atoms with Crippen LogP contribution in [0.15, 0.2) is 12.2 Å². The molecule has 0 aromatic rings. The molecule has 100 valence electrons. The third-order valence-electron chi connectivity index (χ3n) is 2.76. The monoisotopic (exact) mass is 255 g/mol. The molecule has 0 N–H and O–H groups in total. The lowest BCUT2D eigenvalue weighted by molar-refractivity contribution is -0.153. The number of hydrogen-bond donors (Lipinski definition) is 0. The Morgan fingerprint density at radius 2 is 1.50 bits per heavy atom. The van der Waals surface area contributed by atoms with Crippen molar-refractivity contribution in [3.8, 4) is 0 Å². The first-order valence-electron chi connectivity index (χ1n) is 5.66. The summed E-state index contributed by atoms with van der Waals surface area (Å²) in [4.78, 5) is 35.7. The van der Waals surface area contributed by atoms with E-state index in [0.29, 0.717) is 12.8 Å². The van der Waals surface area contributed by atoms with Gasteiger partial charge < -0.3 is 14.4 Å². The second kappa shape index (κ2) is 6.78. The standard InChI is InChI=1S/C12H17NO5/c1-17-10(14)7-13(8-11(15)18-2)12(16)9-5-3-4-6-9/h3-4,9H,5-8H2,1-2H3. The normalized spacial score (nSPS) is 14.3. The predicted octanol–water partition coefficient (Wildman–Crippen LogP) is 0.127. The van der Waals surface area contributed by atoms with Gasteiger partial charge >= 0.3 is 11.9 Å². The summed E-state index contributed by atoms with van der Waals surface area (Å²) in [5.74, 6) is -1.54. The number of allylic oxidation sites excluding steroid dienone is 2. The van der Waals surface area contributed by atoms with Crippen LogP contribution in [0.4, 0.5) is 0 Å². The summed E-state index contributed by atoms with van der Waals surface area (Å²) in [5, 5.41) is 0. The first-order valence-corrected chi connectivity index (χ1v) is 5.66. The highest BCUT2D eigenvalue weighted by Crippen LogP contribution is 2.20. The van der Waals surface area contributed by atoms with Crippen LogP contribution in [0.25, 0.3) is 0 Å². The van der Waals surface area contributed by atoms with E-state index in [9.17, 15) is 14.4 Å². The number of carbonyl (C=O) groups excluding carboxylic acids is 3. The van der Waals surface area contributed by atoms with Crippen molar-refractivity contribution in [1.82, 2.24) is 4.90 Å². The molecule has 1 amide bonds. The van der Waals surface area contributed by atoms with Gasteiger partial charge in [-0.05, 0) is 12.8 Å². The lowest BCUT2D eigenvalue weighted by Gasteiger charge is -2.23. The highest BCUT2D eigenvalue weighted by atomic mass is 16.5. The molecule has 1 aliphatic carbocycles. The molecular formula is C12H17NO5. The van der Waals surface area contributed by atoms with Crippen molar-refractivity contribution in [3.63, 3.8) is 0 Å². The van der Waals surface area contributed by atoms with Crippen molar-refractivity contribution in [2.24, 2.45) is 5.92 Å². The van der Waals surface area contributed by atoms with Crippen molar-refractivity contribution in [3.05, 3.63) is 12.2 Å². The zero-order valence-corrected chi connectivity index (χ0v) is 10.5. The third-order valence-corrected chi connectivity index (χ3v) is 2.76. The molecule has 0 atom stereocenters. The Morgan fingerprint density at radius 1 is 1.06 bits per heavy atom. The van der Waals surface area contributed by atoms with Crippen LogP contribution in [0, 0.1) is 5.92 Å². The van der Waals surface area contributed by atoms with E-state index in [0.717, 1.165) is 0 Å². The number of methoxy groups -OCH3 is 2. The Labute approximate surface area is 106 Å². The van der Waals surface area contributed by atoms with Gasteiger partial charge in [-0.3, -0.25) is 14.4 Å². The molecule has 1 aliphatic rings. The maximum Gasteiger partial charge on any atom is 0.325 e. The van der Waals surface area contributed by atoms with Gasteiger partial charge in [0.15, 0.2) is 0 Å². The summed E-state index contributed by atoms with van der Waals surface area (Å²) < 4.78 is 9.02. The summed E-state index contributed by atoms with van der Waals surface area (Å²) >= 11 is 0. The van der Waals surface area contributed by atoms with Crippen LogP contribution in [-0.4, -0.2) is 50.1 Å². The van der Waals surface area contributed by atoms with Crippen LogP contribution in [0.1, 0.15) is 12.8 Å². The van der Waals surface area contributed by atoms with E-state index in [4.69, 9.17) is 0 Å². The number of carbonyl (C=O) groups is 3. The summed E-state index contributed by atoms with van der Waals surface area (Å²) in [6.45, 7) is -0.470. The topological polar surface area (TPSA) is 72.9 Å². The fourth-order valence-corrected chi connectivity index (χ4v) is 1.73. The zero-order valence-electron chi connectivity index (χ0n) is 10.5. The summed E-state index contributed by atoms with van der Waals surface area (Å²) in [5.41, 5.74) is 0. The summed E-state index contributed by atoms with van der Waals surface area (Å²) in [6, 6.07) is 0. The minimum atomic E-state index is -0.557. The van der Waals surface area contributed by atoms with Crippen LogP contribution >= 0.6 is 0 Å². The smallest absolute Gasteiger partial charge is 0.325 e. The fraction of sp³-hybridized carbons (Fsp3) is 0.583. The number of ether oxygens (including phenoxy) is 2. The van der Waals surface area contributed by atoms with Crippen LogP contribution in [0.5, 0.6) is 0 Å². The van der Waals surface area contributed by atoms with Gasteiger partial charge in [0.05, 0.1) is 14.2 Å². The summed E-state index contributed by atoms with van der Waals surface area (Å²) in [6.07, 6.45) is 5.10. The van der Waals surface area contributed by atoms with E-state index in [1.807, 2.05) is 12.2 Å². The molecule has 18 heavy (non-hydrogen) atoms. The molecule has 0 unspecified atom stereocenters. The minimum Gasteiger partial charge on any atom is -0.468 e. The molecule has 0 fully saturated rings. The maximum absolute atomic E-state index is 12.1. The van der Waals surface area contributed by atoms with Crippen molar-refractivity contribution < 1.29 is 23.9 Å². The number of nitrogens with zero attached hydrogens (tertiary/aromatic N) is 1. The zero-order chi connectivity index (χ0) is 13.5. The van der Waals surface area contributed by atoms with Crippen LogP contribution in [0.2, 0.25) is 0 Å². The van der Waals surface area contributed by atoms with Crippen molar-refractivity contribution in [1.29, 1.82) is 0 Å². The molecule has 0 saturated carbocycles. The second-order valence-corrected chi connectivity index (χ2v) is 3.99. The second-order valence-electron chi connectivity index (χ2n) is 3.99. The Balaban J connectivity index is 2.65. The SMILES string of the molecule is COC(=O)CN(CC(=O)OC)C(=O)C1CC=CC1. The molecule has 0 spiro atoms. The highest BCUT2D eigenvalue weighted by Gasteiger charge is 2.28. The van der Waals surface area contributed by atoms with E-state index in [2.05, 4.69) is 9.47 Å². The van der Waals surface area contributed by atoms with Gasteiger partial charge in [-0.25, -0.2) is 0 Å². The molecule has 0 bridgehead atoms. The Morgan fingerprint density at radius 3 is 1.89 bits per heavy atom. The molecule has 6 nitrogen and oxygen atoms in total. The quantitative estimate of drug-likeness (QED) is 0.515. The van der Waals surface area contributed by atoms with Crippen molar-refractivity contribution in [2.45, 2.75) is 12.8 Å². The Hall–Kier alpha value is -1.85. The largest absolute Gasteiger partial charge is 0.468 e. The van der Waals surface area contributed by atoms with Crippen LogP contribution in [-0.2, 0) is 23.9 Å². The van der Waals surface area contributed by atoms with E-state index in [1.54, 1.807) is 0 Å². The van der Waals surface area contributed by atoms with Gasteiger partial charge in [-0.2, -0.15) is 0 Å². The lowest BCUT2D eigenvalue weighted by atomic mass is 10.1. The van der Waals surface area contributed by atoms with E-state index in [-0.39, 0.29) is 24.9 Å². The molecule has 0 saturated heterocycles. The van der Waals surface area contributed by atoms with E-state index in [1.165, 1.54) is 19.1 Å². The summed E-state index contributed by atoms with van der Waals surface area (Å²) in [7, 11) is 2.47. The fourth-order valence-electron chi connectivity index (χ4n) is 1.73. The van der Waals surface area contributed by atoms with Gasteiger partial charge in [-0.1, -0.05) is 12.2 Å². The first kappa shape index (κ1) is 14.2. The van der Waals surface area contributed by atoms with E-state index < -0.39 is 11.9 Å². The van der Waals surface area contributed by atoms with Gasteiger partial charge in [0, 0.05) is 5.92 Å². The van der Waals surface area contributed by atoms with Gasteiger partial charge in [-0.15, -0.1) is 0 Å². The third kappa shape index (κ3) is 3.87. The van der Waals surface area contributed by atoms with Gasteiger partial charge in [0.1, 0.15) is 13.1 Å². The van der Waals surface area contributed by atoms with Crippen molar-refractivity contribution >= 4 is 17.8 Å². The number of esters is 2. The number of rotatable bonds is 5. The molecule has 0 aromatic heterocycles. The van der Waals surface area contributed by atoms with Crippen LogP contribution in [0.3, 0.4) is 0 Å². The molecule has 0 heterocycles. The van der Waals surface area contributed by atoms with Gasteiger partial charge in [0.25, 0.3) is 0 Å². The van der Waals surface area contributed by atoms with Crippen molar-refractivity contribution in [2.75, 3.05) is 27.3 Å². The Bertz CT molecular complexity index is 337. The number of amides is 1. The van der Waals surface area contributed by atoms with Gasteiger partial charge in [0.2, 0.25) is 5.91 Å². The lowest BCUT2D eigenvalue weighted by Crippen LogP contribution is -2.42.